The highest BCUT2D eigenvalue weighted by atomic mass is 16.5. The summed E-state index contributed by atoms with van der Waals surface area (Å²) in [4.78, 5) is 11.3. The molecule has 0 aliphatic heterocycles. The minimum atomic E-state index is -0.287. The topological polar surface area (TPSA) is 26.3 Å². The lowest BCUT2D eigenvalue weighted by Gasteiger charge is -1.91. The first-order valence-electron chi connectivity index (χ1n) is 4.79. The van der Waals surface area contributed by atoms with E-state index in [1.807, 2.05) is 43.3 Å². The van der Waals surface area contributed by atoms with Crippen LogP contribution in [0, 0.1) is 6.92 Å². The second-order valence-electron chi connectivity index (χ2n) is 3.56. The number of aryl methyl sites for hydroxylation is 1. The standard InChI is InChI=1S/C13H12O2/c1-9-3-5-10-7-12(13(14)15-2)8-11(10)6-4-9/h3-8H,1-2H3. The maximum absolute atomic E-state index is 11.3. The molecule has 0 aromatic rings. The summed E-state index contributed by atoms with van der Waals surface area (Å²) in [6.45, 7) is 2.04. The molecule has 0 aromatic heterocycles. The number of methoxy groups -OCH3 is 1. The van der Waals surface area contributed by atoms with Crippen molar-refractivity contribution in [2.45, 2.75) is 6.92 Å². The normalized spacial score (nSPS) is 10.3. The van der Waals surface area contributed by atoms with Crippen LogP contribution in [-0.2, 0) is 4.74 Å². The fourth-order valence-corrected chi connectivity index (χ4v) is 1.57. The Bertz CT molecular complexity index is 440. The predicted molar refractivity (Wildman–Crippen MR) is 59.1 cm³/mol. The molecule has 0 atom stereocenters. The Balaban J connectivity index is 2.53. The first kappa shape index (κ1) is 9.71. The number of esters is 1. The van der Waals surface area contributed by atoms with Gasteiger partial charge >= 0.3 is 5.97 Å². The Morgan fingerprint density at radius 1 is 1.07 bits per heavy atom. The Labute approximate surface area is 88.8 Å². The van der Waals surface area contributed by atoms with E-state index in [0.717, 1.165) is 11.1 Å². The summed E-state index contributed by atoms with van der Waals surface area (Å²) < 4.78 is 4.67. The van der Waals surface area contributed by atoms with Crippen LogP contribution in [0.15, 0.2) is 36.4 Å². The number of hydrogen-bond donors (Lipinski definition) is 0. The van der Waals surface area contributed by atoms with E-state index in [4.69, 9.17) is 0 Å². The number of carbonyl (C=O) groups is 1. The van der Waals surface area contributed by atoms with Gasteiger partial charge in [0, 0.05) is 0 Å². The quantitative estimate of drug-likeness (QED) is 0.661. The van der Waals surface area contributed by atoms with Crippen molar-refractivity contribution in [1.82, 2.24) is 0 Å². The molecule has 0 spiro atoms. The highest BCUT2D eigenvalue weighted by molar-refractivity contribution is 5.94. The van der Waals surface area contributed by atoms with Crippen LogP contribution in [0.25, 0.3) is 11.1 Å². The first-order chi connectivity index (χ1) is 7.20. The Morgan fingerprint density at radius 2 is 1.60 bits per heavy atom. The molecule has 2 rings (SSSR count). The van der Waals surface area contributed by atoms with E-state index in [9.17, 15) is 4.79 Å². The van der Waals surface area contributed by atoms with Crippen LogP contribution < -0.4 is 0 Å². The largest absolute Gasteiger partial charge is 0.465 e. The third kappa shape index (κ3) is 1.84. The summed E-state index contributed by atoms with van der Waals surface area (Å²) in [5, 5.41) is 0. The number of fused-ring (bicyclic) bond motifs is 1. The zero-order chi connectivity index (χ0) is 10.8. The van der Waals surface area contributed by atoms with Gasteiger partial charge in [0.25, 0.3) is 0 Å². The Morgan fingerprint density at radius 3 is 2.07 bits per heavy atom. The molecular weight excluding hydrogens is 188 g/mol. The minimum Gasteiger partial charge on any atom is -0.465 e. The zero-order valence-corrected chi connectivity index (χ0v) is 8.78. The lowest BCUT2D eigenvalue weighted by Crippen LogP contribution is -1.97. The average molecular weight is 200 g/mol. The zero-order valence-electron chi connectivity index (χ0n) is 8.78. The second-order valence-corrected chi connectivity index (χ2v) is 3.56. The van der Waals surface area contributed by atoms with Gasteiger partial charge in [0.2, 0.25) is 0 Å². The molecule has 15 heavy (non-hydrogen) atoms. The van der Waals surface area contributed by atoms with E-state index in [1.54, 1.807) is 0 Å². The summed E-state index contributed by atoms with van der Waals surface area (Å²) >= 11 is 0. The lowest BCUT2D eigenvalue weighted by atomic mass is 10.2. The highest BCUT2D eigenvalue weighted by Gasteiger charge is 2.11. The minimum absolute atomic E-state index is 0.287. The smallest absolute Gasteiger partial charge is 0.337 e. The van der Waals surface area contributed by atoms with E-state index in [1.165, 1.54) is 12.7 Å². The van der Waals surface area contributed by atoms with Gasteiger partial charge in [-0.05, 0) is 30.2 Å². The third-order valence-electron chi connectivity index (χ3n) is 2.43. The fraction of sp³-hybridized carbons (Fsp3) is 0.154. The molecule has 0 radical (unpaired) electrons. The van der Waals surface area contributed by atoms with Crippen LogP contribution in [-0.4, -0.2) is 13.1 Å². The summed E-state index contributed by atoms with van der Waals surface area (Å²) in [5.74, 6) is -0.287. The molecule has 0 unspecified atom stereocenters. The number of hydrogen-bond acceptors (Lipinski definition) is 2. The van der Waals surface area contributed by atoms with Crippen LogP contribution in [0.5, 0.6) is 0 Å². The van der Waals surface area contributed by atoms with E-state index < -0.39 is 0 Å². The van der Waals surface area contributed by atoms with Crippen molar-refractivity contribution in [3.05, 3.63) is 47.5 Å². The Kier molecular flexibility index (Phi) is 2.42. The van der Waals surface area contributed by atoms with Crippen molar-refractivity contribution in [2.75, 3.05) is 7.11 Å². The molecule has 0 saturated heterocycles. The van der Waals surface area contributed by atoms with Crippen LogP contribution in [0.4, 0.5) is 0 Å². The van der Waals surface area contributed by atoms with E-state index in [2.05, 4.69) is 4.74 Å². The third-order valence-corrected chi connectivity index (χ3v) is 2.43. The van der Waals surface area contributed by atoms with Crippen molar-refractivity contribution in [1.29, 1.82) is 0 Å². The van der Waals surface area contributed by atoms with Crippen LogP contribution in [0.1, 0.15) is 15.9 Å². The molecule has 2 aliphatic rings. The molecule has 76 valence electrons. The molecule has 0 N–H and O–H groups in total. The lowest BCUT2D eigenvalue weighted by molar-refractivity contribution is 0.0601. The van der Waals surface area contributed by atoms with Gasteiger partial charge in [0.1, 0.15) is 0 Å². The van der Waals surface area contributed by atoms with Gasteiger partial charge in [-0.2, -0.15) is 0 Å². The number of ether oxygens (including phenoxy) is 1. The average Bonchev–Trinajstić information content (AvgIpc) is 2.58. The molecule has 0 heterocycles. The molecule has 2 aliphatic carbocycles. The maximum atomic E-state index is 11.3. The molecule has 0 saturated carbocycles. The van der Waals surface area contributed by atoms with Gasteiger partial charge in [-0.1, -0.05) is 29.8 Å². The molecule has 0 bridgehead atoms. The van der Waals surface area contributed by atoms with Gasteiger partial charge in [-0.3, -0.25) is 0 Å². The van der Waals surface area contributed by atoms with Crippen molar-refractivity contribution in [2.24, 2.45) is 0 Å². The van der Waals surface area contributed by atoms with Crippen molar-refractivity contribution >= 4 is 5.97 Å². The van der Waals surface area contributed by atoms with Crippen molar-refractivity contribution in [3.63, 3.8) is 0 Å². The van der Waals surface area contributed by atoms with Gasteiger partial charge in [0.05, 0.1) is 12.7 Å². The summed E-state index contributed by atoms with van der Waals surface area (Å²) in [6.07, 6.45) is 0. The molecule has 2 heteroatoms. The van der Waals surface area contributed by atoms with Crippen molar-refractivity contribution < 1.29 is 9.53 Å². The predicted octanol–water partition coefficient (Wildman–Crippen LogP) is 2.89. The fourth-order valence-electron chi connectivity index (χ4n) is 1.57. The van der Waals surface area contributed by atoms with Gasteiger partial charge in [-0.25, -0.2) is 4.79 Å². The molecule has 0 fully saturated rings. The monoisotopic (exact) mass is 200 g/mol. The van der Waals surface area contributed by atoms with Crippen LogP contribution in [0.2, 0.25) is 0 Å². The van der Waals surface area contributed by atoms with E-state index in [-0.39, 0.29) is 5.97 Å². The van der Waals surface area contributed by atoms with Gasteiger partial charge in [0.15, 0.2) is 0 Å². The highest BCUT2D eigenvalue weighted by Crippen LogP contribution is 2.25. The number of rotatable bonds is 1. The van der Waals surface area contributed by atoms with E-state index in [0.29, 0.717) is 5.56 Å². The molecule has 0 amide bonds. The molecule has 2 nitrogen and oxygen atoms in total. The van der Waals surface area contributed by atoms with Crippen LogP contribution >= 0.6 is 0 Å². The molecular formula is C13H12O2. The first-order valence-corrected chi connectivity index (χ1v) is 4.79. The summed E-state index contributed by atoms with van der Waals surface area (Å²) in [6, 6.07) is 11.8. The maximum Gasteiger partial charge on any atom is 0.337 e. The summed E-state index contributed by atoms with van der Waals surface area (Å²) in [7, 11) is 1.39. The number of carbonyl (C=O) groups excluding carboxylic acids is 1. The summed E-state index contributed by atoms with van der Waals surface area (Å²) in [5.41, 5.74) is 3.93. The SMILES string of the molecule is COC(=O)c1cc2ccc(C)ccc-2c1. The van der Waals surface area contributed by atoms with Crippen molar-refractivity contribution in [3.8, 4) is 11.1 Å². The van der Waals surface area contributed by atoms with Crippen LogP contribution in [0.3, 0.4) is 0 Å². The van der Waals surface area contributed by atoms with Gasteiger partial charge < -0.3 is 4.74 Å². The molecule has 0 aromatic carbocycles. The second kappa shape index (κ2) is 3.73. The van der Waals surface area contributed by atoms with Gasteiger partial charge in [-0.15, -0.1) is 0 Å². The van der Waals surface area contributed by atoms with E-state index >= 15 is 0 Å². The Hall–Kier alpha value is -1.83.